The van der Waals surface area contributed by atoms with Crippen LogP contribution in [0, 0.1) is 0 Å². The fourth-order valence-corrected chi connectivity index (χ4v) is 3.00. The lowest BCUT2D eigenvalue weighted by Crippen LogP contribution is -2.35. The van der Waals surface area contributed by atoms with Crippen molar-refractivity contribution in [2.45, 2.75) is 12.5 Å². The number of para-hydroxylation sites is 1. The second-order valence-electron chi connectivity index (χ2n) is 5.86. The summed E-state index contributed by atoms with van der Waals surface area (Å²) in [7, 11) is 0. The van der Waals surface area contributed by atoms with Crippen LogP contribution in [-0.4, -0.2) is 23.5 Å². The van der Waals surface area contributed by atoms with Gasteiger partial charge in [-0.15, -0.1) is 0 Å². The minimum absolute atomic E-state index is 0.0847. The van der Waals surface area contributed by atoms with E-state index in [2.05, 4.69) is 10.3 Å². The lowest BCUT2D eigenvalue weighted by atomic mass is 10.1. The highest BCUT2D eigenvalue weighted by Crippen LogP contribution is 2.27. The molecule has 0 saturated heterocycles. The van der Waals surface area contributed by atoms with Crippen LogP contribution in [0.4, 0.5) is 0 Å². The Labute approximate surface area is 138 Å². The molecule has 0 radical (unpaired) electrons. The van der Waals surface area contributed by atoms with Crippen molar-refractivity contribution in [3.05, 3.63) is 76.2 Å². The van der Waals surface area contributed by atoms with Gasteiger partial charge in [-0.05, 0) is 29.1 Å². The molecule has 5 nitrogen and oxygen atoms in total. The molecule has 0 bridgehead atoms. The SMILES string of the molecule is O=C(NCC1Cc2ccccc2O1)c1cc2ccccc2c(=O)[nH]1. The molecule has 3 aromatic rings. The van der Waals surface area contributed by atoms with Gasteiger partial charge in [-0.1, -0.05) is 36.4 Å². The molecule has 4 rings (SSSR count). The maximum atomic E-state index is 12.3. The Morgan fingerprint density at radius 2 is 1.96 bits per heavy atom. The predicted octanol–water partition coefficient (Wildman–Crippen LogP) is 2.26. The highest BCUT2D eigenvalue weighted by atomic mass is 16.5. The van der Waals surface area contributed by atoms with E-state index in [9.17, 15) is 9.59 Å². The van der Waals surface area contributed by atoms with Crippen LogP contribution in [0.2, 0.25) is 0 Å². The quantitative estimate of drug-likeness (QED) is 0.777. The zero-order valence-corrected chi connectivity index (χ0v) is 12.9. The standard InChI is InChI=1S/C19H16N2O3/c22-18-15-7-3-1-5-12(15)10-16(21-18)19(23)20-11-14-9-13-6-2-4-8-17(13)24-14/h1-8,10,14H,9,11H2,(H,20,23)(H,21,22). The summed E-state index contributed by atoms with van der Waals surface area (Å²) in [6.07, 6.45) is 0.684. The average molecular weight is 320 g/mol. The fourth-order valence-electron chi connectivity index (χ4n) is 3.00. The summed E-state index contributed by atoms with van der Waals surface area (Å²) in [4.78, 5) is 27.0. The van der Waals surface area contributed by atoms with E-state index in [1.165, 1.54) is 0 Å². The molecule has 0 aliphatic carbocycles. The summed E-state index contributed by atoms with van der Waals surface area (Å²) in [5.41, 5.74) is 1.15. The molecule has 24 heavy (non-hydrogen) atoms. The van der Waals surface area contributed by atoms with Gasteiger partial charge in [0.25, 0.3) is 11.5 Å². The highest BCUT2D eigenvalue weighted by molar-refractivity contribution is 5.96. The van der Waals surface area contributed by atoms with E-state index in [0.717, 1.165) is 23.1 Å². The summed E-state index contributed by atoms with van der Waals surface area (Å²) in [6, 6.07) is 16.7. The molecule has 1 aromatic heterocycles. The number of hydrogen-bond acceptors (Lipinski definition) is 3. The zero-order chi connectivity index (χ0) is 16.5. The van der Waals surface area contributed by atoms with E-state index >= 15 is 0 Å². The molecular weight excluding hydrogens is 304 g/mol. The van der Waals surface area contributed by atoms with Crippen LogP contribution in [0.25, 0.3) is 10.8 Å². The lowest BCUT2D eigenvalue weighted by Gasteiger charge is -2.12. The second kappa shape index (κ2) is 5.85. The normalized spacial score (nSPS) is 15.8. The van der Waals surface area contributed by atoms with Crippen molar-refractivity contribution >= 4 is 16.7 Å². The number of pyridine rings is 1. The first kappa shape index (κ1) is 14.5. The number of fused-ring (bicyclic) bond motifs is 2. The number of ether oxygens (including phenoxy) is 1. The first-order valence-electron chi connectivity index (χ1n) is 7.85. The van der Waals surface area contributed by atoms with Crippen LogP contribution < -0.4 is 15.6 Å². The molecule has 0 saturated carbocycles. The molecule has 5 heteroatoms. The van der Waals surface area contributed by atoms with Crippen LogP contribution in [0.15, 0.2) is 59.4 Å². The van der Waals surface area contributed by atoms with Gasteiger partial charge in [0.1, 0.15) is 17.5 Å². The van der Waals surface area contributed by atoms with Crippen LogP contribution in [-0.2, 0) is 6.42 Å². The van der Waals surface area contributed by atoms with Crippen molar-refractivity contribution in [2.24, 2.45) is 0 Å². The molecule has 0 spiro atoms. The summed E-state index contributed by atoms with van der Waals surface area (Å²) in [5, 5.41) is 4.15. The Morgan fingerprint density at radius 3 is 2.83 bits per heavy atom. The van der Waals surface area contributed by atoms with Crippen molar-refractivity contribution in [2.75, 3.05) is 6.54 Å². The fraction of sp³-hybridized carbons (Fsp3) is 0.158. The number of carbonyl (C=O) groups is 1. The van der Waals surface area contributed by atoms with Gasteiger partial charge in [0.2, 0.25) is 0 Å². The van der Waals surface area contributed by atoms with Crippen LogP contribution >= 0.6 is 0 Å². The van der Waals surface area contributed by atoms with Crippen LogP contribution in [0.5, 0.6) is 5.75 Å². The Balaban J connectivity index is 1.47. The lowest BCUT2D eigenvalue weighted by molar-refractivity contribution is 0.0928. The van der Waals surface area contributed by atoms with E-state index in [0.29, 0.717) is 11.9 Å². The van der Waals surface area contributed by atoms with Crippen molar-refractivity contribution in [3.8, 4) is 5.75 Å². The molecule has 2 heterocycles. The van der Waals surface area contributed by atoms with Gasteiger partial charge >= 0.3 is 0 Å². The molecule has 1 aliphatic rings. The molecule has 120 valence electrons. The molecule has 1 amide bonds. The third-order valence-corrected chi connectivity index (χ3v) is 4.20. The van der Waals surface area contributed by atoms with Gasteiger partial charge in [-0.3, -0.25) is 9.59 Å². The van der Waals surface area contributed by atoms with E-state index in [1.807, 2.05) is 36.4 Å². The Morgan fingerprint density at radius 1 is 1.17 bits per heavy atom. The summed E-state index contributed by atoms with van der Waals surface area (Å²) >= 11 is 0. The monoisotopic (exact) mass is 320 g/mol. The molecular formula is C19H16N2O3. The van der Waals surface area contributed by atoms with Gasteiger partial charge in [0.05, 0.1) is 6.54 Å². The summed E-state index contributed by atoms with van der Waals surface area (Å²) in [5.74, 6) is 0.563. The predicted molar refractivity (Wildman–Crippen MR) is 91.5 cm³/mol. The second-order valence-corrected chi connectivity index (χ2v) is 5.86. The molecule has 1 aliphatic heterocycles. The number of nitrogens with one attached hydrogen (secondary N) is 2. The van der Waals surface area contributed by atoms with Crippen molar-refractivity contribution < 1.29 is 9.53 Å². The molecule has 2 aromatic carbocycles. The minimum Gasteiger partial charge on any atom is -0.488 e. The van der Waals surface area contributed by atoms with Crippen molar-refractivity contribution in [1.29, 1.82) is 0 Å². The number of benzene rings is 2. The summed E-state index contributed by atoms with van der Waals surface area (Å²) in [6.45, 7) is 0.391. The van der Waals surface area contributed by atoms with Crippen LogP contribution in [0.3, 0.4) is 0 Å². The summed E-state index contributed by atoms with van der Waals surface area (Å²) < 4.78 is 5.80. The van der Waals surface area contributed by atoms with E-state index in [4.69, 9.17) is 4.74 Å². The number of aromatic nitrogens is 1. The highest BCUT2D eigenvalue weighted by Gasteiger charge is 2.23. The van der Waals surface area contributed by atoms with Gasteiger partial charge in [0.15, 0.2) is 0 Å². The number of hydrogen-bond donors (Lipinski definition) is 2. The zero-order valence-electron chi connectivity index (χ0n) is 12.9. The molecule has 0 fully saturated rings. The number of amides is 1. The number of H-pyrrole nitrogens is 1. The van der Waals surface area contributed by atoms with Crippen molar-refractivity contribution in [1.82, 2.24) is 10.3 Å². The van der Waals surface area contributed by atoms with Crippen LogP contribution in [0.1, 0.15) is 16.1 Å². The Kier molecular flexibility index (Phi) is 3.54. The maximum absolute atomic E-state index is 12.3. The number of carbonyl (C=O) groups excluding carboxylic acids is 1. The third-order valence-electron chi connectivity index (χ3n) is 4.20. The first-order valence-corrected chi connectivity index (χ1v) is 7.85. The third kappa shape index (κ3) is 2.65. The van der Waals surface area contributed by atoms with Gasteiger partial charge in [-0.25, -0.2) is 0 Å². The minimum atomic E-state index is -0.308. The Hall–Kier alpha value is -3.08. The van der Waals surface area contributed by atoms with Crippen molar-refractivity contribution in [3.63, 3.8) is 0 Å². The topological polar surface area (TPSA) is 71.2 Å². The van der Waals surface area contributed by atoms with Gasteiger partial charge in [0, 0.05) is 11.8 Å². The molecule has 1 atom stereocenters. The van der Waals surface area contributed by atoms with E-state index < -0.39 is 0 Å². The van der Waals surface area contributed by atoms with Gasteiger partial charge in [-0.2, -0.15) is 0 Å². The number of aromatic amines is 1. The molecule has 1 unspecified atom stereocenters. The largest absolute Gasteiger partial charge is 0.488 e. The smallest absolute Gasteiger partial charge is 0.267 e. The van der Waals surface area contributed by atoms with Gasteiger partial charge < -0.3 is 15.0 Å². The van der Waals surface area contributed by atoms with E-state index in [-0.39, 0.29) is 23.3 Å². The number of rotatable bonds is 3. The average Bonchev–Trinajstić information content (AvgIpc) is 3.02. The maximum Gasteiger partial charge on any atom is 0.267 e. The Bertz CT molecular complexity index is 953. The molecule has 2 N–H and O–H groups in total. The first-order chi connectivity index (χ1) is 11.7. The van der Waals surface area contributed by atoms with E-state index in [1.54, 1.807) is 18.2 Å².